The summed E-state index contributed by atoms with van der Waals surface area (Å²) in [6.07, 6.45) is 1.24. The van der Waals surface area contributed by atoms with E-state index in [2.05, 4.69) is 15.3 Å². The fourth-order valence-electron chi connectivity index (χ4n) is 4.49. The van der Waals surface area contributed by atoms with Gasteiger partial charge in [0.05, 0.1) is 17.6 Å². The Morgan fingerprint density at radius 3 is 2.40 bits per heavy atom. The first-order chi connectivity index (χ1) is 18.6. The number of nitrogens with zero attached hydrogens (tertiary/aromatic N) is 2. The van der Waals surface area contributed by atoms with E-state index >= 15 is 0 Å². The monoisotopic (exact) mass is 566 g/mol. The molecule has 1 aliphatic heterocycles. The number of amides is 2. The molecule has 40 heavy (non-hydrogen) atoms. The molecule has 7 nitrogen and oxygen atoms in total. The topological polar surface area (TPSA) is 87.3 Å². The van der Waals surface area contributed by atoms with E-state index in [1.807, 2.05) is 0 Å². The molecule has 1 aromatic heterocycles. The molecule has 2 amide bonds. The van der Waals surface area contributed by atoms with Crippen molar-refractivity contribution >= 4 is 28.6 Å². The van der Waals surface area contributed by atoms with Crippen LogP contribution in [0.3, 0.4) is 0 Å². The zero-order valence-corrected chi connectivity index (χ0v) is 22.4. The van der Waals surface area contributed by atoms with Gasteiger partial charge in [0.1, 0.15) is 16.9 Å². The van der Waals surface area contributed by atoms with Gasteiger partial charge in [-0.1, -0.05) is 18.2 Å². The van der Waals surface area contributed by atoms with Crippen molar-refractivity contribution in [2.45, 2.75) is 70.7 Å². The molecule has 0 spiro atoms. The molecule has 0 unspecified atom stereocenters. The predicted molar refractivity (Wildman–Crippen MR) is 139 cm³/mol. The van der Waals surface area contributed by atoms with E-state index in [1.165, 1.54) is 17.0 Å². The number of hydrogen-bond donors (Lipinski definition) is 2. The number of alkyl carbamates (subject to hydrolysis) is 1. The quantitative estimate of drug-likeness (QED) is 0.413. The third kappa shape index (κ3) is 7.28. The number of aromatic nitrogens is 2. The molecule has 1 aliphatic carbocycles. The van der Waals surface area contributed by atoms with E-state index in [-0.39, 0.29) is 48.0 Å². The van der Waals surface area contributed by atoms with E-state index in [0.717, 1.165) is 6.07 Å². The van der Waals surface area contributed by atoms with Crippen LogP contribution in [0.2, 0.25) is 0 Å². The number of alkyl halides is 5. The van der Waals surface area contributed by atoms with E-state index in [9.17, 15) is 31.5 Å². The Kier molecular flexibility index (Phi) is 8.09. The lowest BCUT2D eigenvalue weighted by Gasteiger charge is -2.32. The molecular weight excluding hydrogens is 535 g/mol. The predicted octanol–water partition coefficient (Wildman–Crippen LogP) is 6.52. The molecular formula is C28H31F5N4O3. The van der Waals surface area contributed by atoms with Crippen molar-refractivity contribution in [3.8, 4) is 0 Å². The molecule has 0 radical (unpaired) electrons. The Balaban J connectivity index is 1.58. The number of fused-ring (bicyclic) bond motifs is 1. The van der Waals surface area contributed by atoms with Gasteiger partial charge < -0.3 is 19.9 Å². The standard InChI is InChI=1S/C28H31F5N4O3/c1-26(2,3)40-25(39)34-16-22-35-21-15-19(14-20(23(21)36-22)28(31,32)33)17-6-4-5-7-18(9-8-17)24(38)37-12-10-27(29,30)11-13-37/h6-9,14-15H,4-5,10-13,16H2,1-3H3,(H,34,39)(H,35,36)/b9-8-,17-6+,18-7?. The van der Waals surface area contributed by atoms with Crippen LogP contribution in [0.25, 0.3) is 16.6 Å². The molecule has 4 rings (SSSR count). The van der Waals surface area contributed by atoms with Crippen molar-refractivity contribution in [3.63, 3.8) is 0 Å². The van der Waals surface area contributed by atoms with Crippen molar-refractivity contribution in [1.82, 2.24) is 20.2 Å². The van der Waals surface area contributed by atoms with Crippen molar-refractivity contribution in [2.75, 3.05) is 13.1 Å². The number of aromatic amines is 1. The fraction of sp³-hybridized carbons (Fsp3) is 0.464. The summed E-state index contributed by atoms with van der Waals surface area (Å²) in [5.41, 5.74) is -0.801. The van der Waals surface area contributed by atoms with Crippen molar-refractivity contribution < 1.29 is 36.3 Å². The highest BCUT2D eigenvalue weighted by Crippen LogP contribution is 2.37. The highest BCUT2D eigenvalue weighted by Gasteiger charge is 2.36. The fourth-order valence-corrected chi connectivity index (χ4v) is 4.49. The van der Waals surface area contributed by atoms with Gasteiger partial charge in [-0.2, -0.15) is 13.2 Å². The smallest absolute Gasteiger partial charge is 0.418 e. The number of imidazole rings is 1. The van der Waals surface area contributed by atoms with Gasteiger partial charge in [-0.05, 0) is 63.0 Å². The summed E-state index contributed by atoms with van der Waals surface area (Å²) in [5.74, 6) is -3.05. The van der Waals surface area contributed by atoms with Crippen LogP contribution in [0.5, 0.6) is 0 Å². The highest BCUT2D eigenvalue weighted by atomic mass is 19.4. The molecule has 1 saturated heterocycles. The van der Waals surface area contributed by atoms with Crippen LogP contribution in [-0.2, 0) is 22.3 Å². The maximum Gasteiger partial charge on any atom is 0.418 e. The summed E-state index contributed by atoms with van der Waals surface area (Å²) >= 11 is 0. The lowest BCUT2D eigenvalue weighted by molar-refractivity contribution is -0.136. The molecule has 0 saturated carbocycles. The number of rotatable bonds is 4. The lowest BCUT2D eigenvalue weighted by atomic mass is 9.96. The number of ether oxygens (including phenoxy) is 1. The van der Waals surface area contributed by atoms with E-state index in [4.69, 9.17) is 4.74 Å². The molecule has 2 aromatic rings. The second-order valence-corrected chi connectivity index (χ2v) is 10.8. The number of H-pyrrole nitrogens is 1. The summed E-state index contributed by atoms with van der Waals surface area (Å²) in [6, 6.07) is 2.54. The Labute approximate surface area is 228 Å². The first-order valence-corrected chi connectivity index (χ1v) is 12.9. The Morgan fingerprint density at radius 1 is 1.07 bits per heavy atom. The minimum atomic E-state index is -4.71. The zero-order chi connectivity index (χ0) is 29.3. The molecule has 0 bridgehead atoms. The number of halogens is 5. The van der Waals surface area contributed by atoms with E-state index in [0.29, 0.717) is 24.0 Å². The van der Waals surface area contributed by atoms with Crippen molar-refractivity contribution in [2.24, 2.45) is 0 Å². The molecule has 1 aromatic carbocycles. The molecule has 2 heterocycles. The number of hydrogen-bond acceptors (Lipinski definition) is 4. The van der Waals surface area contributed by atoms with E-state index in [1.54, 1.807) is 39.0 Å². The maximum atomic E-state index is 14.1. The summed E-state index contributed by atoms with van der Waals surface area (Å²) in [6.45, 7) is 4.77. The third-order valence-electron chi connectivity index (χ3n) is 6.44. The van der Waals surface area contributed by atoms with Gasteiger partial charge in [-0.25, -0.2) is 18.6 Å². The second-order valence-electron chi connectivity index (χ2n) is 10.8. The van der Waals surface area contributed by atoms with Crippen LogP contribution in [0.15, 0.2) is 42.0 Å². The molecule has 0 atom stereocenters. The summed E-state index contributed by atoms with van der Waals surface area (Å²) in [7, 11) is 0. The first kappa shape index (κ1) is 29.3. The van der Waals surface area contributed by atoms with Gasteiger partial charge in [-0.15, -0.1) is 0 Å². The summed E-state index contributed by atoms with van der Waals surface area (Å²) in [5, 5.41) is 2.47. The molecule has 1 fully saturated rings. The summed E-state index contributed by atoms with van der Waals surface area (Å²) < 4.78 is 74.4. The number of likely N-dealkylation sites (tertiary alicyclic amines) is 1. The van der Waals surface area contributed by atoms with Gasteiger partial charge in [-0.3, -0.25) is 4.79 Å². The number of nitrogens with one attached hydrogen (secondary N) is 2. The largest absolute Gasteiger partial charge is 0.444 e. The van der Waals surface area contributed by atoms with Crippen molar-refractivity contribution in [3.05, 3.63) is 59.0 Å². The minimum absolute atomic E-state index is 0.0593. The van der Waals surface area contributed by atoms with Crippen LogP contribution < -0.4 is 5.32 Å². The zero-order valence-electron chi connectivity index (χ0n) is 22.4. The number of carbonyl (C=O) groups is 2. The van der Waals surface area contributed by atoms with Crippen LogP contribution in [0.1, 0.15) is 63.4 Å². The Morgan fingerprint density at radius 2 is 1.75 bits per heavy atom. The van der Waals surface area contributed by atoms with Crippen molar-refractivity contribution in [1.29, 1.82) is 0 Å². The molecule has 216 valence electrons. The lowest BCUT2D eigenvalue weighted by Crippen LogP contribution is -2.43. The second kappa shape index (κ2) is 11.1. The number of benzene rings is 1. The molecule has 12 heteroatoms. The average Bonchev–Trinajstić information content (AvgIpc) is 3.23. The van der Waals surface area contributed by atoms with Crippen LogP contribution in [-0.4, -0.2) is 51.5 Å². The highest BCUT2D eigenvalue weighted by molar-refractivity contribution is 5.97. The van der Waals surface area contributed by atoms with Crippen LogP contribution >= 0.6 is 0 Å². The number of allylic oxidation sites excluding steroid dienone is 4. The van der Waals surface area contributed by atoms with Gasteiger partial charge >= 0.3 is 12.3 Å². The molecule has 2 N–H and O–H groups in total. The number of piperidine rings is 1. The van der Waals surface area contributed by atoms with Crippen LogP contribution in [0.4, 0.5) is 26.7 Å². The Hall–Kier alpha value is -3.70. The van der Waals surface area contributed by atoms with Gasteiger partial charge in [0, 0.05) is 31.5 Å². The van der Waals surface area contributed by atoms with Gasteiger partial charge in [0.2, 0.25) is 0 Å². The first-order valence-electron chi connectivity index (χ1n) is 12.9. The minimum Gasteiger partial charge on any atom is -0.444 e. The average molecular weight is 567 g/mol. The maximum absolute atomic E-state index is 14.1. The van der Waals surface area contributed by atoms with Crippen LogP contribution in [0, 0.1) is 0 Å². The normalized spacial score (nSPS) is 20.1. The molecule has 2 aliphatic rings. The van der Waals surface area contributed by atoms with Gasteiger partial charge in [0.25, 0.3) is 11.8 Å². The number of carbonyl (C=O) groups excluding carboxylic acids is 2. The summed E-state index contributed by atoms with van der Waals surface area (Å²) in [4.78, 5) is 33.2. The van der Waals surface area contributed by atoms with Gasteiger partial charge in [0.15, 0.2) is 0 Å². The van der Waals surface area contributed by atoms with E-state index < -0.39 is 42.2 Å². The third-order valence-corrected chi connectivity index (χ3v) is 6.44. The Bertz CT molecular complexity index is 1370. The SMILES string of the molecule is CC(C)(C)OC(=O)NCc1nc2c(C(F)(F)F)cc(C3=C/CCC=C(C(=O)N4CCC(F)(F)CC4)/C=C\3)cc2[nH]1.